The van der Waals surface area contributed by atoms with Crippen LogP contribution in [0.5, 0.6) is 0 Å². The van der Waals surface area contributed by atoms with Crippen LogP contribution in [0.4, 0.5) is 0 Å². The summed E-state index contributed by atoms with van der Waals surface area (Å²) in [6.07, 6.45) is 0. The van der Waals surface area contributed by atoms with Crippen molar-refractivity contribution in [3.63, 3.8) is 0 Å². The van der Waals surface area contributed by atoms with Crippen molar-refractivity contribution in [2.45, 2.75) is 93.8 Å². The minimum absolute atomic E-state index is 0.118. The van der Waals surface area contributed by atoms with Crippen molar-refractivity contribution >= 4 is 0 Å². The Morgan fingerprint density at radius 2 is 1.10 bits per heavy atom. The van der Waals surface area contributed by atoms with E-state index < -0.39 is 0 Å². The standard InChI is InChI=1S/C18H35N3/c1-12(2)20-14(5)15(6)21(13(3)4)16(20)19-18(10,11)17(7,8)9/h12-13H,1-11H3. The second kappa shape index (κ2) is 5.66. The average Bonchev–Trinajstić information content (AvgIpc) is 2.48. The molecule has 0 saturated heterocycles. The summed E-state index contributed by atoms with van der Waals surface area (Å²) in [6, 6.07) is 0.830. The number of hydrogen-bond donors (Lipinski definition) is 0. The van der Waals surface area contributed by atoms with Crippen molar-refractivity contribution in [1.29, 1.82) is 0 Å². The first-order valence-electron chi connectivity index (χ1n) is 8.17. The molecular formula is C18H35N3. The third-order valence-electron chi connectivity index (χ3n) is 4.92. The summed E-state index contributed by atoms with van der Waals surface area (Å²) in [5.74, 6) is 0. The Kier molecular flexibility index (Phi) is 4.87. The molecule has 0 aliphatic rings. The Balaban J connectivity index is 3.80. The van der Waals surface area contributed by atoms with Crippen LogP contribution in [0.2, 0.25) is 0 Å². The van der Waals surface area contributed by atoms with Gasteiger partial charge in [-0.1, -0.05) is 20.8 Å². The van der Waals surface area contributed by atoms with E-state index in [0.717, 1.165) is 5.62 Å². The molecule has 0 saturated carbocycles. The van der Waals surface area contributed by atoms with Gasteiger partial charge in [0.1, 0.15) is 0 Å². The van der Waals surface area contributed by atoms with E-state index in [1.165, 1.54) is 11.4 Å². The first-order valence-corrected chi connectivity index (χ1v) is 8.17. The molecule has 3 nitrogen and oxygen atoms in total. The molecule has 3 heteroatoms. The van der Waals surface area contributed by atoms with Gasteiger partial charge in [0.2, 0.25) is 5.62 Å². The second-order valence-electron chi connectivity index (χ2n) is 8.32. The van der Waals surface area contributed by atoms with Crippen LogP contribution in [-0.2, 0) is 0 Å². The maximum absolute atomic E-state index is 5.21. The molecule has 1 aromatic heterocycles. The Bertz CT molecular complexity index is 526. The highest BCUT2D eigenvalue weighted by Crippen LogP contribution is 2.32. The Morgan fingerprint density at radius 3 is 1.33 bits per heavy atom. The number of rotatable bonds is 3. The fourth-order valence-corrected chi connectivity index (χ4v) is 2.53. The molecule has 0 fully saturated rings. The van der Waals surface area contributed by atoms with Crippen LogP contribution in [-0.4, -0.2) is 14.7 Å². The fraction of sp³-hybridized carbons (Fsp3) is 0.833. The fourth-order valence-electron chi connectivity index (χ4n) is 2.53. The van der Waals surface area contributed by atoms with Crippen LogP contribution < -0.4 is 5.62 Å². The van der Waals surface area contributed by atoms with E-state index in [4.69, 9.17) is 4.99 Å². The van der Waals surface area contributed by atoms with Gasteiger partial charge in [-0.2, -0.15) is 0 Å². The van der Waals surface area contributed by atoms with Crippen LogP contribution in [0.25, 0.3) is 0 Å². The highest BCUT2D eigenvalue weighted by atomic mass is 15.2. The molecule has 21 heavy (non-hydrogen) atoms. The molecule has 0 bridgehead atoms. The van der Waals surface area contributed by atoms with Gasteiger partial charge in [0.25, 0.3) is 0 Å². The normalized spacial score (nSPS) is 13.4. The molecular weight excluding hydrogens is 258 g/mol. The van der Waals surface area contributed by atoms with Gasteiger partial charge in [0, 0.05) is 23.5 Å². The van der Waals surface area contributed by atoms with Gasteiger partial charge < -0.3 is 9.13 Å². The summed E-state index contributed by atoms with van der Waals surface area (Å²) >= 11 is 0. The van der Waals surface area contributed by atoms with E-state index >= 15 is 0 Å². The second-order valence-corrected chi connectivity index (χ2v) is 8.32. The van der Waals surface area contributed by atoms with Crippen molar-refractivity contribution in [2.75, 3.05) is 0 Å². The van der Waals surface area contributed by atoms with E-state index in [0.29, 0.717) is 12.1 Å². The lowest BCUT2D eigenvalue weighted by atomic mass is 9.77. The van der Waals surface area contributed by atoms with Gasteiger partial charge in [-0.15, -0.1) is 0 Å². The molecule has 0 spiro atoms. The third kappa shape index (κ3) is 3.27. The average molecular weight is 293 g/mol. The van der Waals surface area contributed by atoms with Gasteiger partial charge >= 0.3 is 0 Å². The van der Waals surface area contributed by atoms with Crippen LogP contribution in [0.15, 0.2) is 4.99 Å². The molecule has 0 amide bonds. The van der Waals surface area contributed by atoms with E-state index in [1.807, 2.05) is 0 Å². The lowest BCUT2D eigenvalue weighted by Gasteiger charge is -2.35. The Morgan fingerprint density at radius 1 is 0.762 bits per heavy atom. The predicted molar refractivity (Wildman–Crippen MR) is 91.8 cm³/mol. The SMILES string of the molecule is Cc1c(C)n(C(C)C)c(=NC(C)(C)C(C)(C)C)n1C(C)C. The molecule has 0 aliphatic heterocycles. The largest absolute Gasteiger partial charge is 0.312 e. The maximum Gasteiger partial charge on any atom is 0.206 e. The highest BCUT2D eigenvalue weighted by molar-refractivity contribution is 5.13. The quantitative estimate of drug-likeness (QED) is 0.764. The minimum Gasteiger partial charge on any atom is -0.312 e. The number of hydrogen-bond acceptors (Lipinski definition) is 1. The Labute approximate surface area is 131 Å². The van der Waals surface area contributed by atoms with Crippen LogP contribution >= 0.6 is 0 Å². The lowest BCUT2D eigenvalue weighted by Crippen LogP contribution is -2.40. The molecule has 0 aromatic carbocycles. The summed E-state index contributed by atoms with van der Waals surface area (Å²) in [5, 5.41) is 0. The molecule has 1 heterocycles. The molecule has 0 N–H and O–H groups in total. The first-order chi connectivity index (χ1) is 9.31. The summed E-state index contributed by atoms with van der Waals surface area (Å²) in [4.78, 5) is 5.21. The zero-order chi connectivity index (χ0) is 16.7. The zero-order valence-corrected chi connectivity index (χ0v) is 16.0. The Hall–Kier alpha value is -0.990. The van der Waals surface area contributed by atoms with E-state index in [2.05, 4.69) is 85.3 Å². The van der Waals surface area contributed by atoms with Crippen molar-refractivity contribution in [3.8, 4) is 0 Å². The van der Waals surface area contributed by atoms with Gasteiger partial charge in [0.15, 0.2) is 0 Å². The van der Waals surface area contributed by atoms with Gasteiger partial charge in [-0.3, -0.25) is 0 Å². The number of nitrogens with zero attached hydrogens (tertiary/aromatic N) is 3. The summed E-state index contributed by atoms with van der Waals surface area (Å²) < 4.78 is 4.76. The van der Waals surface area contributed by atoms with Gasteiger partial charge in [-0.05, 0) is 60.8 Å². The molecule has 0 atom stereocenters. The van der Waals surface area contributed by atoms with Crippen molar-refractivity contribution < 1.29 is 0 Å². The first kappa shape index (κ1) is 18.1. The topological polar surface area (TPSA) is 22.2 Å². The number of aromatic nitrogens is 2. The van der Waals surface area contributed by atoms with Crippen LogP contribution in [0, 0.1) is 19.3 Å². The minimum atomic E-state index is -0.118. The summed E-state index contributed by atoms with van der Waals surface area (Å²) in [7, 11) is 0. The summed E-state index contributed by atoms with van der Waals surface area (Å²) in [5.41, 5.74) is 3.75. The van der Waals surface area contributed by atoms with Crippen LogP contribution in [0.3, 0.4) is 0 Å². The third-order valence-corrected chi connectivity index (χ3v) is 4.92. The van der Waals surface area contributed by atoms with E-state index in [9.17, 15) is 0 Å². The number of imidazole rings is 1. The molecule has 122 valence electrons. The summed E-state index contributed by atoms with van der Waals surface area (Å²) in [6.45, 7) is 24.6. The highest BCUT2D eigenvalue weighted by Gasteiger charge is 2.33. The van der Waals surface area contributed by atoms with Gasteiger partial charge in [-0.25, -0.2) is 4.99 Å². The predicted octanol–water partition coefficient (Wildman–Crippen LogP) is 4.79. The van der Waals surface area contributed by atoms with Crippen molar-refractivity contribution in [3.05, 3.63) is 17.0 Å². The molecule has 0 aliphatic carbocycles. The van der Waals surface area contributed by atoms with Crippen molar-refractivity contribution in [2.24, 2.45) is 10.4 Å². The van der Waals surface area contributed by atoms with E-state index in [-0.39, 0.29) is 11.0 Å². The molecule has 1 rings (SSSR count). The molecule has 0 radical (unpaired) electrons. The van der Waals surface area contributed by atoms with Crippen LogP contribution in [0.1, 0.15) is 85.8 Å². The zero-order valence-electron chi connectivity index (χ0n) is 16.0. The molecule has 0 unspecified atom stereocenters. The maximum atomic E-state index is 5.21. The molecule has 1 aromatic rings. The lowest BCUT2D eigenvalue weighted by molar-refractivity contribution is 0.222. The van der Waals surface area contributed by atoms with Crippen molar-refractivity contribution in [1.82, 2.24) is 9.13 Å². The van der Waals surface area contributed by atoms with Gasteiger partial charge in [0.05, 0.1) is 5.54 Å². The monoisotopic (exact) mass is 293 g/mol. The smallest absolute Gasteiger partial charge is 0.206 e. The van der Waals surface area contributed by atoms with E-state index in [1.54, 1.807) is 0 Å².